The van der Waals surface area contributed by atoms with Gasteiger partial charge in [0.15, 0.2) is 0 Å². The molecular weight excluding hydrogens is 337 g/mol. The number of hydrogen-bond donors (Lipinski definition) is 2. The Kier molecular flexibility index (Phi) is 7.65. The van der Waals surface area contributed by atoms with E-state index >= 15 is 0 Å². The SMILES string of the molecule is C/C(=N\NC(N)=O)c1c(C)c(Cl)cc(Cl)c1OCCCC(C)C. The number of hydrogen-bond acceptors (Lipinski definition) is 3. The molecule has 1 aromatic carbocycles. The molecule has 1 rings (SSSR count). The number of benzene rings is 1. The van der Waals surface area contributed by atoms with Gasteiger partial charge < -0.3 is 10.5 Å². The van der Waals surface area contributed by atoms with Crippen molar-refractivity contribution in [3.8, 4) is 5.75 Å². The number of carbonyl (C=O) groups is 1. The summed E-state index contributed by atoms with van der Waals surface area (Å²) in [5.41, 5.74) is 9.21. The molecule has 0 aliphatic heterocycles. The Balaban J connectivity index is 3.10. The zero-order chi connectivity index (χ0) is 17.6. The molecule has 2 amide bonds. The van der Waals surface area contributed by atoms with Crippen LogP contribution >= 0.6 is 23.2 Å². The Hall–Kier alpha value is -1.46. The molecule has 0 unspecified atom stereocenters. The minimum atomic E-state index is -0.741. The van der Waals surface area contributed by atoms with Crippen LogP contribution in [0.3, 0.4) is 0 Å². The average Bonchev–Trinajstić information content (AvgIpc) is 2.45. The van der Waals surface area contributed by atoms with Crippen LogP contribution in [0.2, 0.25) is 10.0 Å². The fourth-order valence-electron chi connectivity index (χ4n) is 2.13. The molecule has 0 aliphatic rings. The predicted octanol–water partition coefficient (Wildman–Crippen LogP) is 4.51. The summed E-state index contributed by atoms with van der Waals surface area (Å²) in [4.78, 5) is 10.8. The van der Waals surface area contributed by atoms with E-state index in [2.05, 4.69) is 24.4 Å². The van der Waals surface area contributed by atoms with Gasteiger partial charge in [-0.3, -0.25) is 0 Å². The molecule has 0 atom stereocenters. The van der Waals surface area contributed by atoms with Crippen molar-refractivity contribution in [2.75, 3.05) is 6.61 Å². The Labute approximate surface area is 147 Å². The van der Waals surface area contributed by atoms with E-state index in [1.165, 1.54) is 0 Å². The van der Waals surface area contributed by atoms with Crippen molar-refractivity contribution in [1.82, 2.24) is 5.43 Å². The maximum absolute atomic E-state index is 10.8. The second-order valence-electron chi connectivity index (χ2n) is 5.73. The zero-order valence-corrected chi connectivity index (χ0v) is 15.4. The smallest absolute Gasteiger partial charge is 0.332 e. The first-order valence-corrected chi connectivity index (χ1v) is 8.21. The number of hydrazone groups is 1. The third-order valence-electron chi connectivity index (χ3n) is 3.30. The minimum Gasteiger partial charge on any atom is -0.491 e. The van der Waals surface area contributed by atoms with Gasteiger partial charge in [0.2, 0.25) is 0 Å². The predicted molar refractivity (Wildman–Crippen MR) is 95.7 cm³/mol. The highest BCUT2D eigenvalue weighted by molar-refractivity contribution is 6.37. The van der Waals surface area contributed by atoms with Gasteiger partial charge >= 0.3 is 6.03 Å². The monoisotopic (exact) mass is 359 g/mol. The highest BCUT2D eigenvalue weighted by atomic mass is 35.5. The van der Waals surface area contributed by atoms with E-state index in [0.29, 0.717) is 39.6 Å². The number of nitrogens with zero attached hydrogens (tertiary/aromatic N) is 1. The summed E-state index contributed by atoms with van der Waals surface area (Å²) >= 11 is 12.5. The van der Waals surface area contributed by atoms with E-state index in [-0.39, 0.29) is 0 Å². The number of urea groups is 1. The topological polar surface area (TPSA) is 76.7 Å². The van der Waals surface area contributed by atoms with Gasteiger partial charge in [-0.25, -0.2) is 10.2 Å². The minimum absolute atomic E-state index is 0.411. The van der Waals surface area contributed by atoms with E-state index in [9.17, 15) is 4.79 Å². The molecule has 5 nitrogen and oxygen atoms in total. The van der Waals surface area contributed by atoms with E-state index in [0.717, 1.165) is 18.4 Å². The Bertz CT molecular complexity index is 601. The summed E-state index contributed by atoms with van der Waals surface area (Å²) in [5.74, 6) is 1.13. The first-order chi connectivity index (χ1) is 10.7. The molecule has 0 saturated carbocycles. The Morgan fingerprint density at radius 2 is 2.04 bits per heavy atom. The molecule has 3 N–H and O–H groups in total. The van der Waals surface area contributed by atoms with Gasteiger partial charge in [0.25, 0.3) is 0 Å². The molecule has 0 heterocycles. The number of rotatable bonds is 7. The van der Waals surface area contributed by atoms with Crippen LogP contribution in [-0.4, -0.2) is 18.3 Å². The van der Waals surface area contributed by atoms with Crippen molar-refractivity contribution in [2.24, 2.45) is 16.8 Å². The molecular formula is C16H23Cl2N3O2. The third kappa shape index (κ3) is 5.92. The maximum atomic E-state index is 10.8. The molecule has 7 heteroatoms. The van der Waals surface area contributed by atoms with Crippen LogP contribution in [0.15, 0.2) is 11.2 Å². The molecule has 0 aromatic heterocycles. The molecule has 23 heavy (non-hydrogen) atoms. The second-order valence-corrected chi connectivity index (χ2v) is 6.54. The largest absolute Gasteiger partial charge is 0.491 e. The van der Waals surface area contributed by atoms with Crippen molar-refractivity contribution >= 4 is 34.9 Å². The molecule has 0 saturated heterocycles. The van der Waals surface area contributed by atoms with Crippen molar-refractivity contribution in [1.29, 1.82) is 0 Å². The summed E-state index contributed by atoms with van der Waals surface area (Å²) in [6, 6.07) is 0.906. The molecule has 128 valence electrons. The molecule has 0 fully saturated rings. The van der Waals surface area contributed by atoms with Crippen LogP contribution in [0.1, 0.15) is 44.7 Å². The van der Waals surface area contributed by atoms with E-state index in [4.69, 9.17) is 33.7 Å². The van der Waals surface area contributed by atoms with Crippen LogP contribution in [-0.2, 0) is 0 Å². The summed E-state index contributed by atoms with van der Waals surface area (Å²) in [6.07, 6.45) is 1.99. The number of ether oxygens (including phenoxy) is 1. The van der Waals surface area contributed by atoms with Gasteiger partial charge in [-0.2, -0.15) is 5.10 Å². The lowest BCUT2D eigenvalue weighted by Crippen LogP contribution is -2.25. The van der Waals surface area contributed by atoms with Gasteiger partial charge in [0.1, 0.15) is 5.75 Å². The van der Waals surface area contributed by atoms with Gasteiger partial charge in [0.05, 0.1) is 17.3 Å². The molecule has 1 aromatic rings. The van der Waals surface area contributed by atoms with Crippen molar-refractivity contribution in [3.05, 3.63) is 27.2 Å². The van der Waals surface area contributed by atoms with Crippen molar-refractivity contribution in [3.63, 3.8) is 0 Å². The van der Waals surface area contributed by atoms with Gasteiger partial charge in [-0.1, -0.05) is 37.0 Å². The fraction of sp³-hybridized carbons (Fsp3) is 0.500. The van der Waals surface area contributed by atoms with Crippen LogP contribution in [0, 0.1) is 12.8 Å². The lowest BCUT2D eigenvalue weighted by atomic mass is 10.0. The van der Waals surface area contributed by atoms with E-state index in [1.807, 2.05) is 6.92 Å². The molecule has 0 spiro atoms. The van der Waals surface area contributed by atoms with Gasteiger partial charge in [-0.15, -0.1) is 0 Å². The van der Waals surface area contributed by atoms with E-state index in [1.54, 1.807) is 13.0 Å². The molecule has 0 radical (unpaired) electrons. The van der Waals surface area contributed by atoms with Crippen LogP contribution in [0.5, 0.6) is 5.75 Å². The standard InChI is InChI=1S/C16H23Cl2N3O2/c1-9(2)6-5-7-23-15-13(18)8-12(17)10(3)14(15)11(4)20-21-16(19)22/h8-9H,5-7H2,1-4H3,(H3,19,21,22)/b20-11+. The maximum Gasteiger partial charge on any atom is 0.332 e. The Morgan fingerprint density at radius 1 is 1.39 bits per heavy atom. The third-order valence-corrected chi connectivity index (χ3v) is 3.97. The van der Waals surface area contributed by atoms with Gasteiger partial charge in [0, 0.05) is 10.6 Å². The van der Waals surface area contributed by atoms with Crippen molar-refractivity contribution in [2.45, 2.75) is 40.5 Å². The van der Waals surface area contributed by atoms with E-state index < -0.39 is 6.03 Å². The number of carbonyl (C=O) groups excluding carboxylic acids is 1. The normalized spacial score (nSPS) is 11.7. The number of primary amides is 1. The summed E-state index contributed by atoms with van der Waals surface area (Å²) < 4.78 is 5.87. The lowest BCUT2D eigenvalue weighted by Gasteiger charge is -2.17. The Morgan fingerprint density at radius 3 is 2.61 bits per heavy atom. The van der Waals surface area contributed by atoms with Crippen LogP contribution < -0.4 is 15.9 Å². The van der Waals surface area contributed by atoms with Crippen LogP contribution in [0.4, 0.5) is 4.79 Å². The number of amides is 2. The highest BCUT2D eigenvalue weighted by Crippen LogP contribution is 2.36. The molecule has 0 aliphatic carbocycles. The zero-order valence-electron chi connectivity index (χ0n) is 13.9. The number of halogens is 2. The second kappa shape index (κ2) is 8.99. The average molecular weight is 360 g/mol. The lowest BCUT2D eigenvalue weighted by molar-refractivity contribution is 0.249. The summed E-state index contributed by atoms with van der Waals surface area (Å²) in [6.45, 7) is 8.45. The first kappa shape index (κ1) is 19.6. The summed E-state index contributed by atoms with van der Waals surface area (Å²) in [7, 11) is 0. The van der Waals surface area contributed by atoms with Crippen molar-refractivity contribution < 1.29 is 9.53 Å². The highest BCUT2D eigenvalue weighted by Gasteiger charge is 2.18. The molecule has 0 bridgehead atoms. The number of nitrogens with two attached hydrogens (primary N) is 1. The number of nitrogens with one attached hydrogen (secondary N) is 1. The summed E-state index contributed by atoms with van der Waals surface area (Å²) in [5, 5.41) is 4.87. The van der Waals surface area contributed by atoms with Crippen LogP contribution in [0.25, 0.3) is 0 Å². The fourth-order valence-corrected chi connectivity index (χ4v) is 2.65. The first-order valence-electron chi connectivity index (χ1n) is 7.45. The van der Waals surface area contributed by atoms with Gasteiger partial charge in [-0.05, 0) is 44.2 Å². The quantitative estimate of drug-likeness (QED) is 0.426.